The molecule has 0 aromatic carbocycles. The van der Waals surface area contributed by atoms with Crippen molar-refractivity contribution in [2.75, 3.05) is 37.4 Å². The SMILES string of the molecule is COCCN1CCCCCCC(C)(O)c2nnc(o2)-c2nc1c(C(F)(F)F)cc2N. The Morgan fingerprint density at radius 1 is 1.27 bits per heavy atom. The van der Waals surface area contributed by atoms with Gasteiger partial charge in [-0.15, -0.1) is 10.2 Å². The second-order valence-corrected chi connectivity index (χ2v) is 7.63. The van der Waals surface area contributed by atoms with Crippen molar-refractivity contribution < 1.29 is 27.4 Å². The van der Waals surface area contributed by atoms with Crippen molar-refractivity contribution >= 4 is 11.5 Å². The first kappa shape index (κ1) is 22.3. The van der Waals surface area contributed by atoms with Gasteiger partial charge in [0.25, 0.3) is 5.89 Å². The number of nitrogen functional groups attached to an aromatic ring is 1. The highest BCUT2D eigenvalue weighted by molar-refractivity contribution is 5.71. The normalized spacial score (nSPS) is 20.8. The van der Waals surface area contributed by atoms with Crippen LogP contribution in [-0.2, 0) is 16.5 Å². The summed E-state index contributed by atoms with van der Waals surface area (Å²) in [5.41, 5.74) is 3.32. The molecule has 1 aliphatic rings. The number of halogens is 3. The lowest BCUT2D eigenvalue weighted by Gasteiger charge is -2.27. The van der Waals surface area contributed by atoms with Crippen LogP contribution < -0.4 is 10.6 Å². The van der Waals surface area contributed by atoms with Gasteiger partial charge in [0.15, 0.2) is 5.69 Å². The van der Waals surface area contributed by atoms with Crippen molar-refractivity contribution in [3.05, 3.63) is 17.5 Å². The van der Waals surface area contributed by atoms with Crippen LogP contribution in [0.2, 0.25) is 0 Å². The Morgan fingerprint density at radius 3 is 2.70 bits per heavy atom. The molecule has 30 heavy (non-hydrogen) atoms. The lowest BCUT2D eigenvalue weighted by Crippen LogP contribution is -2.32. The fraction of sp³-hybridized carbons (Fsp3) is 0.632. The van der Waals surface area contributed by atoms with Crippen LogP contribution in [-0.4, -0.2) is 47.1 Å². The molecule has 1 unspecified atom stereocenters. The number of hydrogen-bond donors (Lipinski definition) is 2. The van der Waals surface area contributed by atoms with Gasteiger partial charge in [0, 0.05) is 20.2 Å². The third-order valence-corrected chi connectivity index (χ3v) is 5.13. The van der Waals surface area contributed by atoms with Crippen molar-refractivity contribution in [2.24, 2.45) is 0 Å². The van der Waals surface area contributed by atoms with Gasteiger partial charge in [-0.05, 0) is 25.8 Å². The van der Waals surface area contributed by atoms with Gasteiger partial charge in [0.1, 0.15) is 17.0 Å². The third kappa shape index (κ3) is 4.84. The predicted molar refractivity (Wildman–Crippen MR) is 104 cm³/mol. The van der Waals surface area contributed by atoms with Gasteiger partial charge < -0.3 is 24.9 Å². The van der Waals surface area contributed by atoms with Crippen LogP contribution >= 0.6 is 0 Å². The van der Waals surface area contributed by atoms with E-state index in [9.17, 15) is 18.3 Å². The highest BCUT2D eigenvalue weighted by Gasteiger charge is 2.38. The van der Waals surface area contributed by atoms with Crippen LogP contribution in [0.3, 0.4) is 0 Å². The van der Waals surface area contributed by atoms with E-state index in [4.69, 9.17) is 14.9 Å². The molecular weight excluding hydrogens is 403 g/mol. The van der Waals surface area contributed by atoms with Gasteiger partial charge in [-0.1, -0.05) is 19.3 Å². The van der Waals surface area contributed by atoms with Gasteiger partial charge >= 0.3 is 6.18 Å². The fourth-order valence-electron chi connectivity index (χ4n) is 3.43. The molecule has 1 aliphatic heterocycles. The number of hydrogen-bond acceptors (Lipinski definition) is 8. The van der Waals surface area contributed by atoms with Crippen LogP contribution in [0.4, 0.5) is 24.7 Å². The van der Waals surface area contributed by atoms with Crippen molar-refractivity contribution in [1.29, 1.82) is 0 Å². The maximum absolute atomic E-state index is 13.8. The van der Waals surface area contributed by atoms with Crippen molar-refractivity contribution in [1.82, 2.24) is 15.2 Å². The van der Waals surface area contributed by atoms with E-state index in [1.54, 1.807) is 11.8 Å². The molecule has 2 aromatic rings. The summed E-state index contributed by atoms with van der Waals surface area (Å²) in [5.74, 6) is -0.415. The molecule has 0 radical (unpaired) electrons. The van der Waals surface area contributed by atoms with Crippen molar-refractivity contribution in [2.45, 2.75) is 50.8 Å². The summed E-state index contributed by atoms with van der Waals surface area (Å²) in [6.45, 7) is 2.41. The summed E-state index contributed by atoms with van der Waals surface area (Å²) < 4.78 is 51.9. The maximum atomic E-state index is 13.8. The molecule has 0 spiro atoms. The summed E-state index contributed by atoms with van der Waals surface area (Å²) in [6, 6.07) is 0.839. The van der Waals surface area contributed by atoms with Gasteiger partial charge in [0.05, 0.1) is 12.3 Å². The molecule has 1 atom stereocenters. The minimum Gasteiger partial charge on any atom is -0.416 e. The quantitative estimate of drug-likeness (QED) is 0.764. The van der Waals surface area contributed by atoms with E-state index < -0.39 is 17.3 Å². The average molecular weight is 429 g/mol. The molecule has 0 saturated carbocycles. The summed E-state index contributed by atoms with van der Waals surface area (Å²) in [4.78, 5) is 5.75. The summed E-state index contributed by atoms with van der Waals surface area (Å²) >= 11 is 0. The first-order chi connectivity index (χ1) is 14.1. The number of ether oxygens (including phenoxy) is 1. The third-order valence-electron chi connectivity index (χ3n) is 5.13. The highest BCUT2D eigenvalue weighted by Crippen LogP contribution is 2.40. The van der Waals surface area contributed by atoms with Crippen LogP contribution in [0, 0.1) is 0 Å². The minimum absolute atomic E-state index is 0.0200. The Bertz CT molecular complexity index is 870. The number of nitrogens with two attached hydrogens (primary N) is 1. The van der Waals surface area contributed by atoms with Gasteiger partial charge in [0.2, 0.25) is 5.89 Å². The Kier molecular flexibility index (Phi) is 6.51. The number of alkyl halides is 3. The Hall–Kier alpha value is -2.40. The second-order valence-electron chi connectivity index (χ2n) is 7.63. The molecule has 0 fully saturated rings. The molecule has 3 N–H and O–H groups in total. The first-order valence-electron chi connectivity index (χ1n) is 9.82. The van der Waals surface area contributed by atoms with Crippen LogP contribution in [0.1, 0.15) is 50.5 Å². The van der Waals surface area contributed by atoms with E-state index in [1.165, 1.54) is 7.11 Å². The number of aliphatic hydroxyl groups is 1. The van der Waals surface area contributed by atoms with E-state index >= 15 is 0 Å². The molecular formula is C19H26F3N5O3. The van der Waals surface area contributed by atoms with Gasteiger partial charge in [-0.25, -0.2) is 4.98 Å². The fourth-order valence-corrected chi connectivity index (χ4v) is 3.43. The van der Waals surface area contributed by atoms with Crippen LogP contribution in [0.25, 0.3) is 11.6 Å². The van der Waals surface area contributed by atoms with E-state index in [-0.39, 0.29) is 42.1 Å². The zero-order valence-electron chi connectivity index (χ0n) is 17.0. The molecule has 2 aromatic heterocycles. The van der Waals surface area contributed by atoms with Crippen LogP contribution in [0.15, 0.2) is 10.5 Å². The molecule has 0 saturated heterocycles. The molecule has 8 nitrogen and oxygen atoms in total. The maximum Gasteiger partial charge on any atom is 0.420 e. The van der Waals surface area contributed by atoms with Crippen LogP contribution in [0.5, 0.6) is 0 Å². The summed E-state index contributed by atoms with van der Waals surface area (Å²) in [7, 11) is 1.49. The number of rotatable bonds is 3. The van der Waals surface area contributed by atoms with Crippen molar-refractivity contribution in [3.63, 3.8) is 0 Å². The summed E-state index contributed by atoms with van der Waals surface area (Å²) in [6.07, 6.45) is -1.25. The largest absolute Gasteiger partial charge is 0.420 e. The molecule has 3 heterocycles. The number of methoxy groups -OCH3 is 1. The number of nitrogens with zero attached hydrogens (tertiary/aromatic N) is 4. The van der Waals surface area contributed by atoms with E-state index in [0.717, 1.165) is 18.9 Å². The number of anilines is 2. The van der Waals surface area contributed by atoms with Gasteiger partial charge in [-0.3, -0.25) is 0 Å². The molecule has 11 heteroatoms. The van der Waals surface area contributed by atoms with Gasteiger partial charge in [-0.2, -0.15) is 13.2 Å². The predicted octanol–water partition coefficient (Wildman–Crippen LogP) is 3.36. The topological polar surface area (TPSA) is 111 Å². The molecule has 4 bridgehead atoms. The number of aromatic nitrogens is 3. The molecule has 166 valence electrons. The summed E-state index contributed by atoms with van der Waals surface area (Å²) in [5, 5.41) is 18.4. The van der Waals surface area contributed by atoms with E-state index in [2.05, 4.69) is 15.2 Å². The Balaban J connectivity index is 2.16. The Labute approximate surface area is 172 Å². The van der Waals surface area contributed by atoms with E-state index in [0.29, 0.717) is 25.8 Å². The standard InChI is InChI=1S/C19H26F3N5O3/c1-18(28)7-5-3-4-6-8-27(9-10-29-2)15-12(19(20,21)22)11-13(23)14(24-15)16-25-26-17(18)30-16/h11,28H,3-10,23H2,1-2H3. The second kappa shape index (κ2) is 8.76. The number of pyridine rings is 1. The Morgan fingerprint density at radius 2 is 2.00 bits per heavy atom. The van der Waals surface area contributed by atoms with Crippen molar-refractivity contribution in [3.8, 4) is 11.6 Å². The minimum atomic E-state index is -4.64. The molecule has 0 aliphatic carbocycles. The van der Waals surface area contributed by atoms with E-state index in [1.807, 2.05) is 0 Å². The zero-order chi connectivity index (χ0) is 21.9. The highest BCUT2D eigenvalue weighted by atomic mass is 19.4. The monoisotopic (exact) mass is 429 g/mol. The average Bonchev–Trinajstić information content (AvgIpc) is 3.16. The lowest BCUT2D eigenvalue weighted by atomic mass is 9.98. The molecule has 0 amide bonds. The zero-order valence-corrected chi connectivity index (χ0v) is 17.0. The molecule has 3 rings (SSSR count). The smallest absolute Gasteiger partial charge is 0.416 e. The number of fused-ring (bicyclic) bond motifs is 5. The first-order valence-corrected chi connectivity index (χ1v) is 9.82. The lowest BCUT2D eigenvalue weighted by molar-refractivity contribution is -0.137.